The van der Waals surface area contributed by atoms with Crippen molar-refractivity contribution in [1.82, 2.24) is 15.1 Å². The van der Waals surface area contributed by atoms with E-state index >= 15 is 0 Å². The van der Waals surface area contributed by atoms with E-state index in [9.17, 15) is 9.90 Å². The van der Waals surface area contributed by atoms with Gasteiger partial charge >= 0.3 is 5.97 Å². The van der Waals surface area contributed by atoms with E-state index in [1.54, 1.807) is 6.07 Å². The summed E-state index contributed by atoms with van der Waals surface area (Å²) >= 11 is 6.44. The van der Waals surface area contributed by atoms with Crippen LogP contribution in [0.3, 0.4) is 0 Å². The fourth-order valence-electron chi connectivity index (χ4n) is 4.06. The molecule has 1 aliphatic heterocycles. The first-order valence-corrected chi connectivity index (χ1v) is 11.1. The Morgan fingerprint density at radius 2 is 1.94 bits per heavy atom. The van der Waals surface area contributed by atoms with Gasteiger partial charge in [0.15, 0.2) is 5.69 Å². The highest BCUT2D eigenvalue weighted by Gasteiger charge is 2.28. The van der Waals surface area contributed by atoms with Crippen molar-refractivity contribution in [3.8, 4) is 23.0 Å². The maximum Gasteiger partial charge on any atom is 0.320 e. The average Bonchev–Trinajstić information content (AvgIpc) is 2.80. The van der Waals surface area contributed by atoms with Gasteiger partial charge in [-0.2, -0.15) is 5.10 Å². The molecule has 0 saturated carbocycles. The molecule has 1 saturated heterocycles. The Morgan fingerprint density at radius 3 is 2.69 bits per heavy atom. The largest absolute Gasteiger partial charge is 0.480 e. The van der Waals surface area contributed by atoms with Gasteiger partial charge in [-0.1, -0.05) is 66.4 Å². The maximum absolute atomic E-state index is 11.5. The third kappa shape index (κ3) is 4.99. The average molecular weight is 446 g/mol. The lowest BCUT2D eigenvalue weighted by Gasteiger charge is -2.32. The molecule has 3 aromatic rings. The summed E-state index contributed by atoms with van der Waals surface area (Å²) in [6.07, 6.45) is 2.57. The third-order valence-electron chi connectivity index (χ3n) is 5.80. The van der Waals surface area contributed by atoms with Crippen molar-refractivity contribution in [2.24, 2.45) is 0 Å². The Kier molecular flexibility index (Phi) is 6.84. The van der Waals surface area contributed by atoms with E-state index in [1.807, 2.05) is 35.2 Å². The van der Waals surface area contributed by atoms with Crippen LogP contribution >= 0.6 is 11.6 Å². The summed E-state index contributed by atoms with van der Waals surface area (Å²) in [5.41, 5.74) is 5.35. The van der Waals surface area contributed by atoms with E-state index in [2.05, 4.69) is 47.2 Å². The molecule has 2 aromatic carbocycles. The molecule has 2 heterocycles. The van der Waals surface area contributed by atoms with Crippen molar-refractivity contribution >= 4 is 17.6 Å². The quantitative estimate of drug-likeness (QED) is 0.576. The van der Waals surface area contributed by atoms with Crippen LogP contribution in [0.25, 0.3) is 11.1 Å². The molecule has 0 spiro atoms. The Labute approximate surface area is 193 Å². The van der Waals surface area contributed by atoms with Crippen molar-refractivity contribution < 1.29 is 9.90 Å². The van der Waals surface area contributed by atoms with Crippen molar-refractivity contribution in [1.29, 1.82) is 0 Å². The molecule has 5 nitrogen and oxygen atoms in total. The van der Waals surface area contributed by atoms with Gasteiger partial charge in [-0.15, -0.1) is 5.10 Å². The highest BCUT2D eigenvalue weighted by atomic mass is 35.5. The van der Waals surface area contributed by atoms with Gasteiger partial charge in [0.25, 0.3) is 0 Å². The number of aliphatic carboxylic acids is 1. The van der Waals surface area contributed by atoms with Gasteiger partial charge in [-0.3, -0.25) is 9.69 Å². The van der Waals surface area contributed by atoms with Crippen molar-refractivity contribution in [3.05, 3.63) is 82.1 Å². The number of hydrogen-bond acceptors (Lipinski definition) is 4. The van der Waals surface area contributed by atoms with Crippen LogP contribution in [0.4, 0.5) is 0 Å². The molecule has 0 aliphatic carbocycles. The summed E-state index contributed by atoms with van der Waals surface area (Å²) in [5, 5.41) is 18.3. The second-order valence-corrected chi connectivity index (χ2v) is 8.35. The number of halogens is 1. The maximum atomic E-state index is 11.5. The predicted molar refractivity (Wildman–Crippen MR) is 125 cm³/mol. The van der Waals surface area contributed by atoms with Crippen molar-refractivity contribution in [3.63, 3.8) is 0 Å². The second kappa shape index (κ2) is 9.95. The number of piperidine rings is 1. The van der Waals surface area contributed by atoms with Gasteiger partial charge in [-0.05, 0) is 61.1 Å². The lowest BCUT2D eigenvalue weighted by atomic mass is 9.97. The van der Waals surface area contributed by atoms with E-state index in [0.29, 0.717) is 29.4 Å². The first-order chi connectivity index (χ1) is 15.5. The standard InChI is InChI=1S/C26H24ClN3O2/c1-18-19(10-7-11-22(18)20-8-3-2-4-9-20)13-14-24-23(27)16-21(28-29-24)17-30-15-6-5-12-25(30)26(31)32/h2-4,7-11,16,25H,5-6,12,15,17H2,1H3,(H,31,32). The van der Waals surface area contributed by atoms with Crippen LogP contribution < -0.4 is 0 Å². The third-order valence-corrected chi connectivity index (χ3v) is 6.08. The summed E-state index contributed by atoms with van der Waals surface area (Å²) in [5.74, 6) is 5.43. The van der Waals surface area contributed by atoms with E-state index in [-0.39, 0.29) is 0 Å². The number of rotatable bonds is 4. The highest BCUT2D eigenvalue weighted by molar-refractivity contribution is 6.31. The number of carboxylic acids is 1. The van der Waals surface area contributed by atoms with Crippen LogP contribution in [0.1, 0.15) is 41.8 Å². The minimum Gasteiger partial charge on any atom is -0.480 e. The van der Waals surface area contributed by atoms with Crippen LogP contribution in [0.15, 0.2) is 54.6 Å². The number of carboxylic acid groups (broad SMARTS) is 1. The minimum atomic E-state index is -0.792. The summed E-state index contributed by atoms with van der Waals surface area (Å²) in [6, 6.07) is 17.5. The molecule has 1 fully saturated rings. The Hall–Kier alpha value is -3.20. The lowest BCUT2D eigenvalue weighted by Crippen LogP contribution is -2.44. The molecular weight excluding hydrogens is 422 g/mol. The fourth-order valence-corrected chi connectivity index (χ4v) is 4.27. The number of nitrogens with zero attached hydrogens (tertiary/aromatic N) is 3. The number of hydrogen-bond donors (Lipinski definition) is 1. The van der Waals surface area contributed by atoms with Gasteiger partial charge in [0, 0.05) is 12.1 Å². The Morgan fingerprint density at radius 1 is 1.12 bits per heavy atom. The fraction of sp³-hybridized carbons (Fsp3) is 0.269. The monoisotopic (exact) mass is 445 g/mol. The molecule has 0 radical (unpaired) electrons. The summed E-state index contributed by atoms with van der Waals surface area (Å²) in [7, 11) is 0. The molecule has 1 aliphatic rings. The van der Waals surface area contributed by atoms with Crippen molar-refractivity contribution in [2.75, 3.05) is 6.54 Å². The van der Waals surface area contributed by atoms with Crippen molar-refractivity contribution in [2.45, 2.75) is 38.8 Å². The number of carbonyl (C=O) groups is 1. The second-order valence-electron chi connectivity index (χ2n) is 7.95. The zero-order chi connectivity index (χ0) is 22.5. The molecule has 1 atom stereocenters. The van der Waals surface area contributed by atoms with E-state index in [4.69, 9.17) is 11.6 Å². The number of aromatic nitrogens is 2. The van der Waals surface area contributed by atoms with Crippen LogP contribution in [0.5, 0.6) is 0 Å². The molecule has 32 heavy (non-hydrogen) atoms. The molecule has 1 unspecified atom stereocenters. The Bertz CT molecular complexity index is 1180. The lowest BCUT2D eigenvalue weighted by molar-refractivity contribution is -0.144. The molecular formula is C26H24ClN3O2. The van der Waals surface area contributed by atoms with Gasteiger partial charge < -0.3 is 5.11 Å². The summed E-state index contributed by atoms with van der Waals surface area (Å²) in [4.78, 5) is 13.4. The smallest absolute Gasteiger partial charge is 0.320 e. The van der Waals surface area contributed by atoms with Crippen LogP contribution in [-0.4, -0.2) is 38.8 Å². The van der Waals surface area contributed by atoms with E-state index < -0.39 is 12.0 Å². The van der Waals surface area contributed by atoms with Gasteiger partial charge in [0.05, 0.1) is 10.7 Å². The zero-order valence-electron chi connectivity index (χ0n) is 17.9. The number of likely N-dealkylation sites (tertiary alicyclic amines) is 1. The van der Waals surface area contributed by atoms with Gasteiger partial charge in [-0.25, -0.2) is 0 Å². The van der Waals surface area contributed by atoms with E-state index in [1.165, 1.54) is 0 Å². The predicted octanol–water partition coefficient (Wildman–Crippen LogP) is 4.94. The molecule has 162 valence electrons. The van der Waals surface area contributed by atoms with Crippen LogP contribution in [0, 0.1) is 18.8 Å². The van der Waals surface area contributed by atoms with Gasteiger partial charge in [0.2, 0.25) is 0 Å². The molecule has 0 amide bonds. The van der Waals surface area contributed by atoms with Crippen LogP contribution in [-0.2, 0) is 11.3 Å². The summed E-state index contributed by atoms with van der Waals surface area (Å²) in [6.45, 7) is 3.20. The molecule has 1 aromatic heterocycles. The number of benzene rings is 2. The zero-order valence-corrected chi connectivity index (χ0v) is 18.6. The first kappa shape index (κ1) is 22.0. The minimum absolute atomic E-state index is 0.411. The summed E-state index contributed by atoms with van der Waals surface area (Å²) < 4.78 is 0. The molecule has 6 heteroatoms. The highest BCUT2D eigenvalue weighted by Crippen LogP contribution is 2.25. The molecule has 4 rings (SSSR count). The SMILES string of the molecule is Cc1c(C#Cc2nnc(CN3CCCCC3C(=O)O)cc2Cl)cccc1-c1ccccc1. The normalized spacial score (nSPS) is 16.2. The van der Waals surface area contributed by atoms with E-state index in [0.717, 1.165) is 41.6 Å². The topological polar surface area (TPSA) is 66.3 Å². The first-order valence-electron chi connectivity index (χ1n) is 10.7. The molecule has 1 N–H and O–H groups in total. The Balaban J connectivity index is 1.54. The van der Waals surface area contributed by atoms with Crippen LogP contribution in [0.2, 0.25) is 5.02 Å². The van der Waals surface area contributed by atoms with Gasteiger partial charge in [0.1, 0.15) is 6.04 Å². The molecule has 0 bridgehead atoms.